The van der Waals surface area contributed by atoms with E-state index >= 15 is 0 Å². The summed E-state index contributed by atoms with van der Waals surface area (Å²) in [6, 6.07) is 21.9. The zero-order valence-electron chi connectivity index (χ0n) is 28.7. The fraction of sp³-hybridized carbons (Fsp3) is 0.526. The van der Waals surface area contributed by atoms with E-state index in [9.17, 15) is 9.59 Å². The number of H-pyrrole nitrogens is 1. The monoisotopic (exact) mass is 641 g/mol. The third-order valence-electron chi connectivity index (χ3n) is 9.91. The van der Waals surface area contributed by atoms with Crippen LogP contribution >= 0.6 is 0 Å². The van der Waals surface area contributed by atoms with Crippen LogP contribution in [0.3, 0.4) is 0 Å². The van der Waals surface area contributed by atoms with Gasteiger partial charge >= 0.3 is 0 Å². The van der Waals surface area contributed by atoms with Crippen molar-refractivity contribution in [3.8, 4) is 0 Å². The second-order valence-corrected chi connectivity index (χ2v) is 19.4. The summed E-state index contributed by atoms with van der Waals surface area (Å²) in [5.74, 6) is 0.0929. The van der Waals surface area contributed by atoms with Crippen LogP contribution in [0.5, 0.6) is 0 Å². The summed E-state index contributed by atoms with van der Waals surface area (Å²) in [7, 11) is -2.46. The SMILES string of the molecule is CCCCCCCCCCCC(=O)[C@H](CC(C)[Si](c1ccccc1)(c1ccccc1)C(C)(C)C)Cn1cnc2c(=O)[nH]c(N)nc21. The zero-order chi connectivity index (χ0) is 33.2. The number of fused-ring (bicyclic) bond motifs is 1. The van der Waals surface area contributed by atoms with Crippen LogP contribution in [-0.4, -0.2) is 33.4 Å². The molecule has 2 aromatic heterocycles. The first-order valence-corrected chi connectivity index (χ1v) is 19.5. The van der Waals surface area contributed by atoms with Crippen molar-refractivity contribution in [2.45, 2.75) is 122 Å². The fourth-order valence-corrected chi connectivity index (χ4v) is 14.6. The largest absolute Gasteiger partial charge is 0.369 e. The number of aromatic nitrogens is 4. The summed E-state index contributed by atoms with van der Waals surface area (Å²) in [5, 5.41) is 2.76. The molecule has 0 bridgehead atoms. The van der Waals surface area contributed by atoms with E-state index in [2.05, 4.69) is 110 Å². The molecular formula is C38H55N5O2Si. The van der Waals surface area contributed by atoms with E-state index < -0.39 is 8.07 Å². The number of ketones is 1. The van der Waals surface area contributed by atoms with Gasteiger partial charge < -0.3 is 10.3 Å². The van der Waals surface area contributed by atoms with Gasteiger partial charge in [-0.05, 0) is 23.4 Å². The smallest absolute Gasteiger partial charge is 0.280 e. The molecule has 0 amide bonds. The highest BCUT2D eigenvalue weighted by atomic mass is 28.3. The first-order valence-electron chi connectivity index (χ1n) is 17.4. The van der Waals surface area contributed by atoms with Gasteiger partial charge in [-0.15, -0.1) is 0 Å². The third kappa shape index (κ3) is 8.24. The maximum Gasteiger partial charge on any atom is 0.280 e. The predicted octanol–water partition coefficient (Wildman–Crippen LogP) is 7.65. The van der Waals surface area contributed by atoms with Gasteiger partial charge in [0, 0.05) is 18.9 Å². The van der Waals surface area contributed by atoms with Crippen molar-refractivity contribution >= 4 is 41.3 Å². The topological polar surface area (TPSA) is 107 Å². The average molecular weight is 642 g/mol. The highest BCUT2D eigenvalue weighted by molar-refractivity contribution is 7.05. The highest BCUT2D eigenvalue weighted by Gasteiger charge is 2.51. The van der Waals surface area contributed by atoms with E-state index in [0.717, 1.165) is 19.3 Å². The first-order chi connectivity index (χ1) is 22.1. The maximum absolute atomic E-state index is 14.2. The second kappa shape index (κ2) is 16.3. The highest BCUT2D eigenvalue weighted by Crippen LogP contribution is 2.46. The molecule has 0 aliphatic rings. The van der Waals surface area contributed by atoms with E-state index in [0.29, 0.717) is 18.6 Å². The molecule has 0 spiro atoms. The molecule has 1 unspecified atom stereocenters. The third-order valence-corrected chi connectivity index (χ3v) is 16.5. The van der Waals surface area contributed by atoms with Crippen LogP contribution < -0.4 is 21.7 Å². The quantitative estimate of drug-likeness (QED) is 0.0857. The number of nitrogens with zero attached hydrogens (tertiary/aromatic N) is 3. The minimum Gasteiger partial charge on any atom is -0.369 e. The Kier molecular flexibility index (Phi) is 12.6. The molecule has 4 aromatic rings. The summed E-state index contributed by atoms with van der Waals surface area (Å²) in [5.41, 5.74) is 6.49. The Bertz CT molecular complexity index is 1540. The van der Waals surface area contributed by atoms with Gasteiger partial charge in [0.25, 0.3) is 5.56 Å². The molecule has 3 N–H and O–H groups in total. The van der Waals surface area contributed by atoms with Gasteiger partial charge in [0.15, 0.2) is 11.2 Å². The number of unbranched alkanes of at least 4 members (excludes halogenated alkanes) is 8. The number of carbonyl (C=O) groups is 1. The van der Waals surface area contributed by atoms with Gasteiger partial charge in [-0.25, -0.2) is 4.98 Å². The van der Waals surface area contributed by atoms with Crippen LogP contribution in [-0.2, 0) is 11.3 Å². The lowest BCUT2D eigenvalue weighted by molar-refractivity contribution is -0.123. The minimum atomic E-state index is -2.46. The number of carbonyl (C=O) groups excluding carboxylic acids is 1. The van der Waals surface area contributed by atoms with Gasteiger partial charge in [0.05, 0.1) is 6.33 Å². The molecule has 2 aromatic carbocycles. The van der Waals surface area contributed by atoms with Gasteiger partial charge in [-0.2, -0.15) is 4.98 Å². The average Bonchev–Trinajstić information content (AvgIpc) is 3.43. The lowest BCUT2D eigenvalue weighted by atomic mass is 9.94. The van der Waals surface area contributed by atoms with Gasteiger partial charge in [-0.3, -0.25) is 14.6 Å². The number of hydrogen-bond donors (Lipinski definition) is 2. The van der Waals surface area contributed by atoms with Crippen molar-refractivity contribution < 1.29 is 4.79 Å². The molecule has 0 saturated carbocycles. The molecule has 0 saturated heterocycles. The van der Waals surface area contributed by atoms with E-state index in [4.69, 9.17) is 5.73 Å². The molecule has 248 valence electrons. The fourth-order valence-electron chi connectivity index (χ4n) is 7.81. The number of Topliss-reactive ketones (excluding diaryl/α,β-unsaturated/α-hetero) is 1. The van der Waals surface area contributed by atoms with Crippen LogP contribution in [0.4, 0.5) is 5.95 Å². The number of aromatic amines is 1. The van der Waals surface area contributed by atoms with Crippen molar-refractivity contribution in [2.75, 3.05) is 5.73 Å². The van der Waals surface area contributed by atoms with E-state index in [-0.39, 0.29) is 39.3 Å². The number of anilines is 1. The second-order valence-electron chi connectivity index (χ2n) is 14.2. The standard InChI is InChI=1S/C38H55N5O2Si/c1-6-7-8-9-10-11-12-13-20-25-33(44)30(27-43-28-40-34-35(43)41-37(39)42-36(34)45)26-29(2)46(38(3,4)5,31-21-16-14-17-22-31)32-23-18-15-19-24-32/h14-19,21-24,28-30H,6-13,20,25-27H2,1-5H3,(H3,39,41,42,45)/t29?,30-/m1/s1. The number of rotatable bonds is 18. The summed E-state index contributed by atoms with van der Waals surface area (Å²) < 4.78 is 1.86. The Morgan fingerprint density at radius 1 is 0.891 bits per heavy atom. The number of nitrogen functional groups attached to an aromatic ring is 1. The van der Waals surface area contributed by atoms with Gasteiger partial charge in [0.1, 0.15) is 13.9 Å². The lowest BCUT2D eigenvalue weighted by Gasteiger charge is -2.49. The summed E-state index contributed by atoms with van der Waals surface area (Å²) in [6.45, 7) is 12.2. The molecule has 4 rings (SSSR count). The molecule has 0 aliphatic heterocycles. The number of nitrogens with one attached hydrogen (secondary N) is 1. The van der Waals surface area contributed by atoms with Gasteiger partial charge in [-0.1, -0.05) is 157 Å². The van der Waals surface area contributed by atoms with Crippen molar-refractivity contribution in [3.63, 3.8) is 0 Å². The van der Waals surface area contributed by atoms with Crippen molar-refractivity contribution in [1.29, 1.82) is 0 Å². The minimum absolute atomic E-state index is 0.0230. The van der Waals surface area contributed by atoms with Crippen molar-refractivity contribution in [3.05, 3.63) is 77.3 Å². The Morgan fingerprint density at radius 3 is 1.98 bits per heavy atom. The van der Waals surface area contributed by atoms with Crippen molar-refractivity contribution in [2.24, 2.45) is 5.92 Å². The van der Waals surface area contributed by atoms with Crippen LogP contribution in [0, 0.1) is 5.92 Å². The molecule has 2 atom stereocenters. The number of benzene rings is 2. The first kappa shape index (κ1) is 35.3. The van der Waals surface area contributed by atoms with Crippen LogP contribution in [0.15, 0.2) is 71.8 Å². The molecule has 0 radical (unpaired) electrons. The summed E-state index contributed by atoms with van der Waals surface area (Å²) >= 11 is 0. The predicted molar refractivity (Wildman–Crippen MR) is 195 cm³/mol. The maximum atomic E-state index is 14.2. The Hall–Kier alpha value is -3.52. The van der Waals surface area contributed by atoms with E-state index in [1.54, 1.807) is 6.33 Å². The molecule has 46 heavy (non-hydrogen) atoms. The van der Waals surface area contributed by atoms with Crippen LogP contribution in [0.2, 0.25) is 10.6 Å². The van der Waals surface area contributed by atoms with Crippen LogP contribution in [0.1, 0.15) is 105 Å². The molecule has 7 nitrogen and oxygen atoms in total. The zero-order valence-corrected chi connectivity index (χ0v) is 29.7. The Labute approximate surface area is 276 Å². The molecule has 0 fully saturated rings. The summed E-state index contributed by atoms with van der Waals surface area (Å²) in [4.78, 5) is 38.1. The Morgan fingerprint density at radius 2 is 1.43 bits per heavy atom. The molecule has 2 heterocycles. The molecular weight excluding hydrogens is 587 g/mol. The van der Waals surface area contributed by atoms with E-state index in [1.807, 2.05) is 4.57 Å². The lowest BCUT2D eigenvalue weighted by Crippen LogP contribution is -2.67. The summed E-state index contributed by atoms with van der Waals surface area (Å²) in [6.07, 6.45) is 13.9. The number of imidazole rings is 1. The van der Waals surface area contributed by atoms with Crippen LogP contribution in [0.25, 0.3) is 11.2 Å². The van der Waals surface area contributed by atoms with E-state index in [1.165, 1.54) is 55.3 Å². The van der Waals surface area contributed by atoms with Gasteiger partial charge in [0.2, 0.25) is 5.95 Å². The van der Waals surface area contributed by atoms with Crippen molar-refractivity contribution in [1.82, 2.24) is 19.5 Å². The number of hydrogen-bond acceptors (Lipinski definition) is 5. The Balaban J connectivity index is 1.63. The normalized spacial score (nSPS) is 13.6. The number of nitrogens with two attached hydrogens (primary N) is 1. The molecule has 0 aliphatic carbocycles. The molecule has 8 heteroatoms.